The summed E-state index contributed by atoms with van der Waals surface area (Å²) >= 11 is 0. The van der Waals surface area contributed by atoms with Crippen molar-refractivity contribution in [1.29, 1.82) is 0 Å². The largest absolute Gasteiger partial charge is 0.454 e. The Labute approximate surface area is 207 Å². The summed E-state index contributed by atoms with van der Waals surface area (Å²) in [6.07, 6.45) is 4.90. The Hall–Kier alpha value is -4.18. The molecule has 36 heavy (non-hydrogen) atoms. The summed E-state index contributed by atoms with van der Waals surface area (Å²) in [7, 11) is -3.11. The molecular formula is C26H23N3O6S. The molecule has 1 saturated heterocycles. The fraction of sp³-hybridized carbons (Fsp3) is 0.192. The Morgan fingerprint density at radius 1 is 1.14 bits per heavy atom. The zero-order valence-corrected chi connectivity index (χ0v) is 20.0. The van der Waals surface area contributed by atoms with Crippen molar-refractivity contribution in [2.24, 2.45) is 0 Å². The number of nitrogens with zero attached hydrogens (tertiary/aromatic N) is 2. The maximum absolute atomic E-state index is 12.3. The highest BCUT2D eigenvalue weighted by Crippen LogP contribution is 2.30. The molecule has 3 heterocycles. The van der Waals surface area contributed by atoms with Crippen molar-refractivity contribution >= 4 is 38.8 Å². The Balaban J connectivity index is 1.31. The van der Waals surface area contributed by atoms with Crippen LogP contribution in [0, 0.1) is 0 Å². The fourth-order valence-corrected chi connectivity index (χ4v) is 5.71. The second-order valence-corrected chi connectivity index (χ2v) is 10.7. The number of carbonyl (C=O) groups is 2. The summed E-state index contributed by atoms with van der Waals surface area (Å²) in [5.74, 6) is -0.761. The number of para-hydroxylation sites is 2. The molecule has 1 atom stereocenters. The Bertz CT molecular complexity index is 1520. The number of hydrogen-bond acceptors (Lipinski definition) is 7. The molecule has 5 rings (SSSR count). The number of fused-ring (bicyclic) bond motifs is 1. The molecule has 1 unspecified atom stereocenters. The van der Waals surface area contributed by atoms with E-state index in [1.54, 1.807) is 17.0 Å². The van der Waals surface area contributed by atoms with Gasteiger partial charge in [0.05, 0.1) is 17.2 Å². The van der Waals surface area contributed by atoms with Gasteiger partial charge in [0.2, 0.25) is 0 Å². The van der Waals surface area contributed by atoms with Crippen molar-refractivity contribution in [1.82, 2.24) is 15.1 Å². The lowest BCUT2D eigenvalue weighted by Crippen LogP contribution is -2.38. The smallest absolute Gasteiger partial charge is 0.331 e. The lowest BCUT2D eigenvalue weighted by molar-refractivity contribution is -0.143. The zero-order chi connectivity index (χ0) is 25.1. The van der Waals surface area contributed by atoms with Gasteiger partial charge in [0.25, 0.3) is 5.91 Å². The molecule has 1 fully saturated rings. The summed E-state index contributed by atoms with van der Waals surface area (Å²) in [6.45, 7) is -0.501. The number of aromatic nitrogens is 2. The number of benzene rings is 2. The van der Waals surface area contributed by atoms with E-state index in [1.165, 1.54) is 6.08 Å². The van der Waals surface area contributed by atoms with Gasteiger partial charge in [0, 0.05) is 29.3 Å². The van der Waals surface area contributed by atoms with Gasteiger partial charge in [0.1, 0.15) is 11.3 Å². The van der Waals surface area contributed by atoms with Gasteiger partial charge in [-0.05, 0) is 36.8 Å². The Kier molecular flexibility index (Phi) is 6.43. The van der Waals surface area contributed by atoms with Gasteiger partial charge in [-0.2, -0.15) is 5.10 Å². The Morgan fingerprint density at radius 3 is 2.67 bits per heavy atom. The third-order valence-corrected chi connectivity index (χ3v) is 7.53. The van der Waals surface area contributed by atoms with Crippen LogP contribution < -0.4 is 5.32 Å². The van der Waals surface area contributed by atoms with Crippen molar-refractivity contribution in [3.05, 3.63) is 78.5 Å². The van der Waals surface area contributed by atoms with Crippen LogP contribution in [0.4, 0.5) is 0 Å². The third-order valence-electron chi connectivity index (χ3n) is 5.76. The van der Waals surface area contributed by atoms with Crippen LogP contribution in [0.25, 0.3) is 34.2 Å². The topological polar surface area (TPSA) is 120 Å². The molecule has 0 aliphatic carbocycles. The third kappa shape index (κ3) is 5.38. The molecule has 184 valence electrons. The number of nitrogens with one attached hydrogen (secondary N) is 1. The van der Waals surface area contributed by atoms with Gasteiger partial charge >= 0.3 is 5.97 Å². The predicted octanol–water partition coefficient (Wildman–Crippen LogP) is 3.15. The zero-order valence-electron chi connectivity index (χ0n) is 19.2. The van der Waals surface area contributed by atoms with E-state index in [-0.39, 0.29) is 11.5 Å². The van der Waals surface area contributed by atoms with E-state index < -0.39 is 34.4 Å². The van der Waals surface area contributed by atoms with E-state index in [1.807, 2.05) is 60.7 Å². The molecule has 1 aliphatic heterocycles. The van der Waals surface area contributed by atoms with Crippen LogP contribution in [0.1, 0.15) is 12.0 Å². The number of hydrogen-bond donors (Lipinski definition) is 1. The highest BCUT2D eigenvalue weighted by atomic mass is 32.2. The molecule has 0 saturated carbocycles. The molecule has 10 heteroatoms. The van der Waals surface area contributed by atoms with Crippen molar-refractivity contribution in [3.8, 4) is 17.1 Å². The van der Waals surface area contributed by atoms with Crippen LogP contribution >= 0.6 is 0 Å². The lowest BCUT2D eigenvalue weighted by Gasteiger charge is -2.10. The number of sulfone groups is 1. The number of furan rings is 1. The van der Waals surface area contributed by atoms with Crippen LogP contribution in [-0.4, -0.2) is 54.2 Å². The minimum Gasteiger partial charge on any atom is -0.454 e. The molecule has 1 aliphatic rings. The molecule has 0 spiro atoms. The van der Waals surface area contributed by atoms with E-state index in [2.05, 4.69) is 10.4 Å². The van der Waals surface area contributed by atoms with Gasteiger partial charge < -0.3 is 14.5 Å². The molecular weight excluding hydrogens is 482 g/mol. The SMILES string of the molecule is O=C(COC(=O)/C=C/c1cn(-c2ccccc2)nc1-c1cc2ccccc2o1)NC1CCS(=O)(=O)C1. The molecule has 0 bridgehead atoms. The first-order chi connectivity index (χ1) is 17.4. The van der Waals surface area contributed by atoms with Gasteiger partial charge in [0.15, 0.2) is 22.2 Å². The molecule has 1 amide bonds. The van der Waals surface area contributed by atoms with Crippen molar-refractivity contribution in [3.63, 3.8) is 0 Å². The average molecular weight is 506 g/mol. The first kappa shape index (κ1) is 23.6. The van der Waals surface area contributed by atoms with Crippen molar-refractivity contribution in [2.45, 2.75) is 12.5 Å². The molecule has 2 aromatic heterocycles. The van der Waals surface area contributed by atoms with Gasteiger partial charge in [-0.15, -0.1) is 0 Å². The van der Waals surface area contributed by atoms with E-state index in [0.29, 0.717) is 23.4 Å². The van der Waals surface area contributed by atoms with Crippen LogP contribution in [0.15, 0.2) is 77.4 Å². The predicted molar refractivity (Wildman–Crippen MR) is 134 cm³/mol. The average Bonchev–Trinajstić information content (AvgIpc) is 3.58. The number of amides is 1. The standard InChI is InChI=1S/C26H23N3O6S/c30-24(27-20-12-13-36(32,33)17-20)16-34-25(31)11-10-19-15-29(21-7-2-1-3-8-21)28-26(19)23-14-18-6-4-5-9-22(18)35-23/h1-11,14-15,20H,12-13,16-17H2,(H,27,30)/b11-10+. The maximum Gasteiger partial charge on any atom is 0.331 e. The minimum absolute atomic E-state index is 0.0463. The van der Waals surface area contributed by atoms with Crippen LogP contribution in [0.2, 0.25) is 0 Å². The van der Waals surface area contributed by atoms with Crippen molar-refractivity contribution < 1.29 is 27.2 Å². The molecule has 2 aromatic carbocycles. The summed E-state index contributed by atoms with van der Waals surface area (Å²) in [4.78, 5) is 24.3. The highest BCUT2D eigenvalue weighted by Gasteiger charge is 2.29. The van der Waals surface area contributed by atoms with Gasteiger partial charge in [-0.3, -0.25) is 4.79 Å². The number of ether oxygens (including phenoxy) is 1. The molecule has 0 radical (unpaired) electrons. The minimum atomic E-state index is -3.11. The first-order valence-corrected chi connectivity index (χ1v) is 13.2. The summed E-state index contributed by atoms with van der Waals surface area (Å²) in [5, 5.41) is 8.18. The lowest BCUT2D eigenvalue weighted by atomic mass is 10.2. The van der Waals surface area contributed by atoms with Crippen LogP contribution in [-0.2, 0) is 24.2 Å². The summed E-state index contributed by atoms with van der Waals surface area (Å²) in [5.41, 5.74) is 2.72. The summed E-state index contributed by atoms with van der Waals surface area (Å²) in [6, 6.07) is 18.6. The first-order valence-electron chi connectivity index (χ1n) is 11.3. The molecule has 1 N–H and O–H groups in total. The maximum atomic E-state index is 12.3. The summed E-state index contributed by atoms with van der Waals surface area (Å²) < 4.78 is 35.8. The van der Waals surface area contributed by atoms with E-state index in [0.717, 1.165) is 16.7 Å². The second kappa shape index (κ2) is 9.82. The van der Waals surface area contributed by atoms with E-state index in [4.69, 9.17) is 9.15 Å². The highest BCUT2D eigenvalue weighted by molar-refractivity contribution is 7.91. The van der Waals surface area contributed by atoms with Crippen LogP contribution in [0.3, 0.4) is 0 Å². The molecule has 9 nitrogen and oxygen atoms in total. The number of rotatable bonds is 7. The van der Waals surface area contributed by atoms with Crippen molar-refractivity contribution in [2.75, 3.05) is 18.1 Å². The molecule has 4 aromatic rings. The van der Waals surface area contributed by atoms with Gasteiger partial charge in [-0.1, -0.05) is 36.4 Å². The van der Waals surface area contributed by atoms with E-state index >= 15 is 0 Å². The van der Waals surface area contributed by atoms with E-state index in [9.17, 15) is 18.0 Å². The quantitative estimate of drug-likeness (QED) is 0.303. The second-order valence-electron chi connectivity index (χ2n) is 8.47. The number of esters is 1. The monoisotopic (exact) mass is 505 g/mol. The van der Waals surface area contributed by atoms with Crippen LogP contribution in [0.5, 0.6) is 0 Å². The van der Waals surface area contributed by atoms with Gasteiger partial charge in [-0.25, -0.2) is 17.9 Å². The fourth-order valence-electron chi connectivity index (χ4n) is 4.03. The number of carbonyl (C=O) groups excluding carboxylic acids is 2. The Morgan fingerprint density at radius 2 is 1.92 bits per heavy atom. The normalized spacial score (nSPS) is 16.9.